The van der Waals surface area contributed by atoms with Crippen molar-refractivity contribution in [2.24, 2.45) is 5.92 Å². The molecule has 0 spiro atoms. The zero-order valence-corrected chi connectivity index (χ0v) is 20.1. The Kier molecular flexibility index (Phi) is 9.08. The smallest absolute Gasteiger partial charge is 0.414 e. The fourth-order valence-electron chi connectivity index (χ4n) is 4.52. The van der Waals surface area contributed by atoms with Gasteiger partial charge in [-0.25, -0.2) is 9.59 Å². The molecule has 35 heavy (non-hydrogen) atoms. The van der Waals surface area contributed by atoms with E-state index in [0.29, 0.717) is 5.91 Å². The minimum Gasteiger partial charge on any atom is -0.493 e. The predicted molar refractivity (Wildman–Crippen MR) is 128 cm³/mol. The summed E-state index contributed by atoms with van der Waals surface area (Å²) in [6.45, 7) is 4.39. The van der Waals surface area contributed by atoms with Crippen LogP contribution in [0.1, 0.15) is 29.5 Å². The molecule has 1 amide bonds. The van der Waals surface area contributed by atoms with E-state index in [2.05, 4.69) is 40.1 Å². The van der Waals surface area contributed by atoms with E-state index in [1.54, 1.807) is 14.2 Å². The molecule has 9 nitrogen and oxygen atoms in total. The topological polar surface area (TPSA) is 117 Å². The van der Waals surface area contributed by atoms with E-state index >= 15 is 0 Å². The fraction of sp³-hybridized carbons (Fsp3) is 0.423. The maximum Gasteiger partial charge on any atom is 0.414 e. The highest BCUT2D eigenvalue weighted by Gasteiger charge is 2.30. The average Bonchev–Trinajstić information content (AvgIpc) is 2.88. The lowest BCUT2D eigenvalue weighted by Crippen LogP contribution is -2.44. The highest BCUT2D eigenvalue weighted by Crippen LogP contribution is 2.29. The number of ether oxygens (including phenoxy) is 2. The summed E-state index contributed by atoms with van der Waals surface area (Å²) in [4.78, 5) is 35.8. The molecule has 0 bridgehead atoms. The first-order valence-corrected chi connectivity index (χ1v) is 11.6. The van der Waals surface area contributed by atoms with Gasteiger partial charge in [-0.15, -0.1) is 0 Å². The first-order valence-electron chi connectivity index (χ1n) is 11.6. The molecule has 0 atom stereocenters. The van der Waals surface area contributed by atoms with Crippen LogP contribution in [0.5, 0.6) is 11.5 Å². The van der Waals surface area contributed by atoms with E-state index in [4.69, 9.17) is 29.3 Å². The van der Waals surface area contributed by atoms with Crippen LogP contribution in [0, 0.1) is 5.92 Å². The van der Waals surface area contributed by atoms with Crippen molar-refractivity contribution in [2.45, 2.75) is 32.4 Å². The van der Waals surface area contributed by atoms with Crippen LogP contribution in [-0.2, 0) is 33.9 Å². The maximum atomic E-state index is 13.1. The van der Waals surface area contributed by atoms with Crippen LogP contribution in [0.2, 0.25) is 0 Å². The maximum absolute atomic E-state index is 13.1. The van der Waals surface area contributed by atoms with E-state index in [-0.39, 0.29) is 5.92 Å². The summed E-state index contributed by atoms with van der Waals surface area (Å²) in [5, 5.41) is 14.8. The van der Waals surface area contributed by atoms with Gasteiger partial charge in [0.15, 0.2) is 11.5 Å². The molecule has 2 aromatic carbocycles. The third kappa shape index (κ3) is 6.95. The van der Waals surface area contributed by atoms with E-state index < -0.39 is 11.9 Å². The molecule has 1 fully saturated rings. The van der Waals surface area contributed by atoms with Crippen molar-refractivity contribution in [3.63, 3.8) is 0 Å². The molecule has 188 valence electrons. The molecular weight excluding hydrogens is 452 g/mol. The van der Waals surface area contributed by atoms with E-state index in [1.807, 2.05) is 12.1 Å². The third-order valence-corrected chi connectivity index (χ3v) is 6.42. The summed E-state index contributed by atoms with van der Waals surface area (Å²) in [6, 6.07) is 14.6. The first-order chi connectivity index (χ1) is 16.8. The van der Waals surface area contributed by atoms with Gasteiger partial charge in [-0.05, 0) is 61.2 Å². The molecule has 2 aliphatic heterocycles. The molecule has 2 N–H and O–H groups in total. The number of aliphatic carboxylic acids is 2. The number of carbonyl (C=O) groups is 3. The number of carbonyl (C=O) groups excluding carboxylic acids is 1. The van der Waals surface area contributed by atoms with Crippen LogP contribution in [0.25, 0.3) is 0 Å². The van der Waals surface area contributed by atoms with Crippen LogP contribution >= 0.6 is 0 Å². The number of fused-ring (bicyclic) bond motifs is 1. The number of methoxy groups -OCH3 is 2. The molecule has 2 heterocycles. The second kappa shape index (κ2) is 12.2. The normalized spacial score (nSPS) is 15.9. The Morgan fingerprint density at radius 2 is 1.51 bits per heavy atom. The minimum atomic E-state index is -1.82. The van der Waals surface area contributed by atoms with Gasteiger partial charge in [0.05, 0.1) is 14.2 Å². The molecule has 9 heteroatoms. The van der Waals surface area contributed by atoms with E-state index in [9.17, 15) is 4.79 Å². The summed E-state index contributed by atoms with van der Waals surface area (Å²) >= 11 is 0. The summed E-state index contributed by atoms with van der Waals surface area (Å²) in [6.07, 6.45) is 2.84. The quantitative estimate of drug-likeness (QED) is 0.623. The lowest BCUT2D eigenvalue weighted by Gasteiger charge is -2.36. The Morgan fingerprint density at radius 1 is 0.886 bits per heavy atom. The highest BCUT2D eigenvalue weighted by molar-refractivity contribution is 6.27. The number of hydrogen-bond donors (Lipinski definition) is 2. The number of nitrogens with zero attached hydrogens (tertiary/aromatic N) is 2. The molecular formula is C26H32N2O7. The number of carboxylic acid groups (broad SMARTS) is 2. The Labute approximate surface area is 204 Å². The van der Waals surface area contributed by atoms with Crippen molar-refractivity contribution >= 4 is 17.8 Å². The summed E-state index contributed by atoms with van der Waals surface area (Å²) in [7, 11) is 3.32. The van der Waals surface area contributed by atoms with Gasteiger partial charge in [0.1, 0.15) is 0 Å². The molecule has 0 unspecified atom stereocenters. The highest BCUT2D eigenvalue weighted by atomic mass is 16.5. The average molecular weight is 485 g/mol. The molecule has 2 aliphatic rings. The van der Waals surface area contributed by atoms with Gasteiger partial charge in [0.2, 0.25) is 5.91 Å². The van der Waals surface area contributed by atoms with Crippen LogP contribution in [0.15, 0.2) is 42.5 Å². The summed E-state index contributed by atoms with van der Waals surface area (Å²) in [5.74, 6) is -1.64. The van der Waals surface area contributed by atoms with Gasteiger partial charge < -0.3 is 24.6 Å². The van der Waals surface area contributed by atoms with Gasteiger partial charge >= 0.3 is 11.9 Å². The number of rotatable bonds is 5. The largest absolute Gasteiger partial charge is 0.493 e. The molecule has 1 saturated heterocycles. The van der Waals surface area contributed by atoms with Gasteiger partial charge in [-0.1, -0.05) is 30.3 Å². The van der Waals surface area contributed by atoms with Crippen molar-refractivity contribution in [2.75, 3.05) is 33.9 Å². The molecule has 0 radical (unpaired) electrons. The lowest BCUT2D eigenvalue weighted by molar-refractivity contribution is -0.159. The fourth-order valence-corrected chi connectivity index (χ4v) is 4.52. The van der Waals surface area contributed by atoms with Crippen molar-refractivity contribution in [1.82, 2.24) is 9.80 Å². The SMILES string of the molecule is COc1ccc(CN2CCC(C(=O)N3CCc4ccccc4C3)CC2)cc1OC.O=C(O)C(=O)O. The van der Waals surface area contributed by atoms with Crippen molar-refractivity contribution in [3.8, 4) is 11.5 Å². The summed E-state index contributed by atoms with van der Waals surface area (Å²) in [5.41, 5.74) is 3.90. The second-order valence-corrected chi connectivity index (χ2v) is 8.63. The van der Waals surface area contributed by atoms with Gasteiger partial charge in [0, 0.05) is 25.6 Å². The number of carboxylic acids is 2. The van der Waals surface area contributed by atoms with E-state index in [1.165, 1.54) is 16.7 Å². The Morgan fingerprint density at radius 3 is 2.11 bits per heavy atom. The molecule has 2 aromatic rings. The Balaban J connectivity index is 0.000000509. The second-order valence-electron chi connectivity index (χ2n) is 8.63. The van der Waals surface area contributed by atoms with E-state index in [0.717, 1.165) is 63.5 Å². The number of hydrogen-bond acceptors (Lipinski definition) is 6. The monoisotopic (exact) mass is 484 g/mol. The standard InChI is InChI=1S/C24H30N2O3.C2H2O4/c1-28-22-8-7-18(15-23(22)29-2)16-25-12-9-20(10-13-25)24(27)26-14-11-19-5-3-4-6-21(19)17-26;3-1(4)2(5)6/h3-8,15,20H,9-14,16-17H2,1-2H3;(H,3,4)(H,5,6). The lowest BCUT2D eigenvalue weighted by atomic mass is 9.93. The third-order valence-electron chi connectivity index (χ3n) is 6.42. The van der Waals surface area contributed by atoms with Crippen LogP contribution < -0.4 is 9.47 Å². The van der Waals surface area contributed by atoms with Crippen LogP contribution in [-0.4, -0.2) is 71.7 Å². The number of likely N-dealkylation sites (tertiary alicyclic amines) is 1. The summed E-state index contributed by atoms with van der Waals surface area (Å²) < 4.78 is 10.7. The Hall–Kier alpha value is -3.59. The minimum absolute atomic E-state index is 0.155. The van der Waals surface area contributed by atoms with Crippen LogP contribution in [0.3, 0.4) is 0 Å². The van der Waals surface area contributed by atoms with Gasteiger partial charge in [-0.3, -0.25) is 9.69 Å². The predicted octanol–water partition coefficient (Wildman–Crippen LogP) is 2.66. The molecule has 0 aromatic heterocycles. The van der Waals surface area contributed by atoms with Gasteiger partial charge in [-0.2, -0.15) is 0 Å². The van der Waals surface area contributed by atoms with Crippen LogP contribution in [0.4, 0.5) is 0 Å². The number of benzene rings is 2. The number of piperidine rings is 1. The van der Waals surface area contributed by atoms with Gasteiger partial charge in [0.25, 0.3) is 0 Å². The van der Waals surface area contributed by atoms with Crippen molar-refractivity contribution in [3.05, 3.63) is 59.2 Å². The molecule has 4 rings (SSSR count). The number of amides is 1. The molecule has 0 aliphatic carbocycles. The molecule has 0 saturated carbocycles. The zero-order valence-electron chi connectivity index (χ0n) is 20.1. The first kappa shape index (κ1) is 26.0. The van der Waals surface area contributed by atoms with Crippen molar-refractivity contribution in [1.29, 1.82) is 0 Å². The van der Waals surface area contributed by atoms with Crippen molar-refractivity contribution < 1.29 is 34.1 Å². The zero-order chi connectivity index (χ0) is 25.4. The Bertz CT molecular complexity index is 1040.